The lowest BCUT2D eigenvalue weighted by Crippen LogP contribution is -2.57. The zero-order valence-corrected chi connectivity index (χ0v) is 11.0. The van der Waals surface area contributed by atoms with Gasteiger partial charge < -0.3 is 10.0 Å². The van der Waals surface area contributed by atoms with E-state index in [2.05, 4.69) is 36.8 Å². The fraction of sp³-hybridized carbons (Fsp3) is 0.571. The Kier molecular flexibility index (Phi) is 3.40. The van der Waals surface area contributed by atoms with Crippen molar-refractivity contribution in [3.05, 3.63) is 29.8 Å². The molecule has 94 valence electrons. The zero-order chi connectivity index (χ0) is 12.5. The number of para-hydroxylation sites is 1. The third-order valence-corrected chi connectivity index (χ3v) is 3.82. The van der Waals surface area contributed by atoms with Gasteiger partial charge in [-0.3, -0.25) is 4.90 Å². The fourth-order valence-electron chi connectivity index (χ4n) is 2.40. The molecule has 1 aliphatic heterocycles. The molecule has 0 spiro atoms. The maximum atomic E-state index is 9.39. The van der Waals surface area contributed by atoms with Gasteiger partial charge >= 0.3 is 0 Å². The van der Waals surface area contributed by atoms with E-state index in [4.69, 9.17) is 0 Å². The number of nitrogens with zero attached hydrogens (tertiary/aromatic N) is 2. The van der Waals surface area contributed by atoms with E-state index in [0.717, 1.165) is 25.2 Å². The highest BCUT2D eigenvalue weighted by atomic mass is 16.3. The second-order valence-corrected chi connectivity index (χ2v) is 5.44. The molecule has 3 nitrogen and oxygen atoms in total. The number of aliphatic hydroxyl groups is 1. The molecule has 0 bridgehead atoms. The fourth-order valence-corrected chi connectivity index (χ4v) is 2.40. The highest BCUT2D eigenvalue weighted by Crippen LogP contribution is 2.27. The van der Waals surface area contributed by atoms with Gasteiger partial charge in [0.1, 0.15) is 0 Å². The molecule has 1 heterocycles. The van der Waals surface area contributed by atoms with Gasteiger partial charge in [-0.25, -0.2) is 0 Å². The average molecular weight is 234 g/mol. The molecule has 1 aliphatic rings. The lowest BCUT2D eigenvalue weighted by Gasteiger charge is -2.46. The van der Waals surface area contributed by atoms with Gasteiger partial charge in [0, 0.05) is 36.4 Å². The Labute approximate surface area is 104 Å². The van der Waals surface area contributed by atoms with E-state index < -0.39 is 0 Å². The number of benzene rings is 1. The summed E-state index contributed by atoms with van der Waals surface area (Å²) >= 11 is 0. The number of hydrogen-bond donors (Lipinski definition) is 1. The lowest BCUT2D eigenvalue weighted by molar-refractivity contribution is 0.138. The molecule has 17 heavy (non-hydrogen) atoms. The third-order valence-electron chi connectivity index (χ3n) is 3.82. The van der Waals surface area contributed by atoms with E-state index in [1.165, 1.54) is 5.69 Å². The first-order valence-electron chi connectivity index (χ1n) is 6.19. The summed E-state index contributed by atoms with van der Waals surface area (Å²) in [7, 11) is 2.18. The minimum Gasteiger partial charge on any atom is -0.392 e. The van der Waals surface area contributed by atoms with Crippen LogP contribution in [0.3, 0.4) is 0 Å². The first-order valence-corrected chi connectivity index (χ1v) is 6.19. The molecule has 0 aliphatic carbocycles. The van der Waals surface area contributed by atoms with Gasteiger partial charge in [0.25, 0.3) is 0 Å². The summed E-state index contributed by atoms with van der Waals surface area (Å²) < 4.78 is 0. The maximum absolute atomic E-state index is 9.39. The third kappa shape index (κ3) is 2.45. The van der Waals surface area contributed by atoms with E-state index in [1.54, 1.807) is 0 Å². The molecule has 2 rings (SSSR count). The van der Waals surface area contributed by atoms with Crippen LogP contribution in [0.4, 0.5) is 5.69 Å². The van der Waals surface area contributed by atoms with Gasteiger partial charge in [0.2, 0.25) is 0 Å². The molecular formula is C14H22N2O. The van der Waals surface area contributed by atoms with Crippen LogP contribution in [-0.2, 0) is 6.61 Å². The van der Waals surface area contributed by atoms with Crippen molar-refractivity contribution in [2.24, 2.45) is 0 Å². The monoisotopic (exact) mass is 234 g/mol. The highest BCUT2D eigenvalue weighted by molar-refractivity contribution is 5.54. The summed E-state index contributed by atoms with van der Waals surface area (Å²) in [4.78, 5) is 4.77. The van der Waals surface area contributed by atoms with E-state index in [9.17, 15) is 5.11 Å². The molecule has 1 fully saturated rings. The Bertz CT molecular complexity index is 390. The van der Waals surface area contributed by atoms with Gasteiger partial charge in [0.15, 0.2) is 0 Å². The molecule has 0 aromatic heterocycles. The second kappa shape index (κ2) is 4.67. The summed E-state index contributed by atoms with van der Waals surface area (Å²) in [6.45, 7) is 7.73. The van der Waals surface area contributed by atoms with Gasteiger partial charge in [-0.2, -0.15) is 0 Å². The number of anilines is 1. The van der Waals surface area contributed by atoms with Gasteiger partial charge in [-0.1, -0.05) is 18.2 Å². The Morgan fingerprint density at radius 2 is 1.94 bits per heavy atom. The number of aliphatic hydroxyl groups excluding tert-OH is 1. The van der Waals surface area contributed by atoms with Crippen LogP contribution in [0.5, 0.6) is 0 Å². The van der Waals surface area contributed by atoms with Crippen LogP contribution in [0.15, 0.2) is 24.3 Å². The van der Waals surface area contributed by atoms with Crippen LogP contribution in [0.2, 0.25) is 0 Å². The Morgan fingerprint density at radius 1 is 1.24 bits per heavy atom. The standard InChI is InChI=1S/C14H22N2O/c1-14(2)11-16(9-8-15(14)3)13-7-5-4-6-12(13)10-17/h4-7,17H,8-11H2,1-3H3. The predicted octanol–water partition coefficient (Wildman–Crippen LogP) is 1.71. The van der Waals surface area contributed by atoms with E-state index in [1.807, 2.05) is 18.2 Å². The first kappa shape index (κ1) is 12.4. The summed E-state index contributed by atoms with van der Waals surface area (Å²) in [6, 6.07) is 8.13. The summed E-state index contributed by atoms with van der Waals surface area (Å²) in [5.41, 5.74) is 2.38. The minimum atomic E-state index is 0.114. The molecule has 1 aromatic rings. The summed E-state index contributed by atoms with van der Waals surface area (Å²) in [5.74, 6) is 0. The summed E-state index contributed by atoms with van der Waals surface area (Å²) in [6.07, 6.45) is 0. The van der Waals surface area contributed by atoms with Crippen molar-refractivity contribution in [2.45, 2.75) is 26.0 Å². The van der Waals surface area contributed by atoms with Crippen molar-refractivity contribution in [1.82, 2.24) is 4.90 Å². The van der Waals surface area contributed by atoms with Crippen molar-refractivity contribution in [2.75, 3.05) is 31.6 Å². The molecule has 0 saturated carbocycles. The van der Waals surface area contributed by atoms with Crippen molar-refractivity contribution < 1.29 is 5.11 Å². The van der Waals surface area contributed by atoms with Gasteiger partial charge in [0.05, 0.1) is 6.61 Å². The van der Waals surface area contributed by atoms with Crippen LogP contribution in [0.25, 0.3) is 0 Å². The zero-order valence-electron chi connectivity index (χ0n) is 11.0. The Hall–Kier alpha value is -1.06. The lowest BCUT2D eigenvalue weighted by atomic mass is 9.98. The number of likely N-dealkylation sites (N-methyl/N-ethyl adjacent to an activating group) is 1. The Balaban J connectivity index is 2.23. The highest BCUT2D eigenvalue weighted by Gasteiger charge is 2.31. The SMILES string of the molecule is CN1CCN(c2ccccc2CO)CC1(C)C. The molecule has 0 radical (unpaired) electrons. The molecule has 1 N–H and O–H groups in total. The maximum Gasteiger partial charge on any atom is 0.0702 e. The van der Waals surface area contributed by atoms with Crippen LogP contribution in [0.1, 0.15) is 19.4 Å². The largest absolute Gasteiger partial charge is 0.392 e. The van der Waals surface area contributed by atoms with Crippen molar-refractivity contribution in [3.8, 4) is 0 Å². The molecule has 0 atom stereocenters. The van der Waals surface area contributed by atoms with E-state index in [-0.39, 0.29) is 12.1 Å². The molecule has 3 heteroatoms. The predicted molar refractivity (Wildman–Crippen MR) is 71.3 cm³/mol. The van der Waals surface area contributed by atoms with E-state index in [0.29, 0.717) is 0 Å². The molecule has 1 aromatic carbocycles. The van der Waals surface area contributed by atoms with Gasteiger partial charge in [-0.05, 0) is 27.0 Å². The minimum absolute atomic E-state index is 0.114. The van der Waals surface area contributed by atoms with Crippen LogP contribution in [-0.4, -0.2) is 42.2 Å². The molecule has 1 saturated heterocycles. The first-order chi connectivity index (χ1) is 8.04. The quantitative estimate of drug-likeness (QED) is 0.844. The smallest absolute Gasteiger partial charge is 0.0702 e. The number of rotatable bonds is 2. The van der Waals surface area contributed by atoms with Crippen molar-refractivity contribution in [1.29, 1.82) is 0 Å². The Morgan fingerprint density at radius 3 is 2.59 bits per heavy atom. The van der Waals surface area contributed by atoms with Crippen LogP contribution < -0.4 is 4.90 Å². The van der Waals surface area contributed by atoms with Crippen LogP contribution >= 0.6 is 0 Å². The van der Waals surface area contributed by atoms with Crippen molar-refractivity contribution >= 4 is 5.69 Å². The molecule has 0 unspecified atom stereocenters. The molecule has 0 amide bonds. The average Bonchev–Trinajstić information content (AvgIpc) is 2.32. The summed E-state index contributed by atoms with van der Waals surface area (Å²) in [5, 5.41) is 9.39. The van der Waals surface area contributed by atoms with Crippen LogP contribution in [0, 0.1) is 0 Å². The topological polar surface area (TPSA) is 26.7 Å². The number of hydrogen-bond acceptors (Lipinski definition) is 3. The second-order valence-electron chi connectivity index (χ2n) is 5.44. The van der Waals surface area contributed by atoms with E-state index >= 15 is 0 Å². The normalized spacial score (nSPS) is 20.6. The van der Waals surface area contributed by atoms with Crippen molar-refractivity contribution in [3.63, 3.8) is 0 Å². The number of piperazine rings is 1. The molecular weight excluding hydrogens is 212 g/mol. The van der Waals surface area contributed by atoms with Gasteiger partial charge in [-0.15, -0.1) is 0 Å².